The molecule has 0 aliphatic carbocycles. The highest BCUT2D eigenvalue weighted by Crippen LogP contribution is 2.22. The minimum absolute atomic E-state index is 0.0325. The Labute approximate surface area is 151 Å². The van der Waals surface area contributed by atoms with Crippen molar-refractivity contribution in [2.75, 3.05) is 0 Å². The molecule has 2 aromatic carbocycles. The van der Waals surface area contributed by atoms with Crippen molar-refractivity contribution >= 4 is 22.5 Å². The fourth-order valence-electron chi connectivity index (χ4n) is 3.26. The van der Waals surface area contributed by atoms with Crippen LogP contribution in [0.5, 0.6) is 5.75 Å². The van der Waals surface area contributed by atoms with Crippen molar-refractivity contribution in [3.8, 4) is 5.75 Å². The predicted molar refractivity (Wildman–Crippen MR) is 99.3 cm³/mol. The fraction of sp³-hybridized carbons (Fsp3) is 0.300. The lowest BCUT2D eigenvalue weighted by Crippen LogP contribution is -2.24. The van der Waals surface area contributed by atoms with E-state index in [9.17, 15) is 4.79 Å². The molecule has 0 saturated carbocycles. The molecule has 0 radical (unpaired) electrons. The molecule has 4 nitrogen and oxygen atoms in total. The van der Waals surface area contributed by atoms with Crippen LogP contribution in [0.4, 0.5) is 0 Å². The van der Waals surface area contributed by atoms with E-state index in [4.69, 9.17) is 21.3 Å². The number of aryl methyl sites for hydroxylation is 1. The van der Waals surface area contributed by atoms with Crippen molar-refractivity contribution in [3.63, 3.8) is 0 Å². The van der Waals surface area contributed by atoms with Gasteiger partial charge in [0, 0.05) is 23.6 Å². The summed E-state index contributed by atoms with van der Waals surface area (Å²) in [5.41, 5.74) is 1.69. The van der Waals surface area contributed by atoms with Gasteiger partial charge in [-0.25, -0.2) is 4.98 Å². The Hall–Kier alpha value is -2.33. The SMILES string of the molecule is O=c1c2cc(OCc3ccccc3Cl)ccc2nc2n1CCCCC2. The second kappa shape index (κ2) is 6.89. The van der Waals surface area contributed by atoms with Crippen LogP contribution < -0.4 is 10.3 Å². The number of aromatic nitrogens is 2. The van der Waals surface area contributed by atoms with Gasteiger partial charge in [-0.15, -0.1) is 0 Å². The summed E-state index contributed by atoms with van der Waals surface area (Å²) in [5, 5.41) is 1.29. The zero-order chi connectivity index (χ0) is 17.2. The molecule has 25 heavy (non-hydrogen) atoms. The summed E-state index contributed by atoms with van der Waals surface area (Å²) < 4.78 is 7.67. The van der Waals surface area contributed by atoms with Gasteiger partial charge in [0.05, 0.1) is 10.9 Å². The molecule has 0 saturated heterocycles. The first kappa shape index (κ1) is 16.2. The van der Waals surface area contributed by atoms with E-state index >= 15 is 0 Å². The molecule has 3 aromatic rings. The van der Waals surface area contributed by atoms with Gasteiger partial charge in [-0.2, -0.15) is 0 Å². The van der Waals surface area contributed by atoms with E-state index in [-0.39, 0.29) is 5.56 Å². The zero-order valence-corrected chi connectivity index (χ0v) is 14.6. The van der Waals surface area contributed by atoms with Crippen LogP contribution in [-0.4, -0.2) is 9.55 Å². The maximum absolute atomic E-state index is 12.9. The van der Waals surface area contributed by atoms with E-state index in [1.165, 1.54) is 0 Å². The lowest BCUT2D eigenvalue weighted by atomic mass is 10.2. The first-order valence-corrected chi connectivity index (χ1v) is 9.00. The highest BCUT2D eigenvalue weighted by molar-refractivity contribution is 6.31. The molecule has 4 rings (SSSR count). The van der Waals surface area contributed by atoms with Gasteiger partial charge in [-0.3, -0.25) is 9.36 Å². The van der Waals surface area contributed by atoms with Gasteiger partial charge in [-0.05, 0) is 37.1 Å². The zero-order valence-electron chi connectivity index (χ0n) is 13.9. The molecule has 0 atom stereocenters. The number of hydrogen-bond acceptors (Lipinski definition) is 3. The number of halogens is 1. The Morgan fingerprint density at radius 2 is 2.00 bits per heavy atom. The van der Waals surface area contributed by atoms with Gasteiger partial charge in [-0.1, -0.05) is 36.2 Å². The molecule has 0 spiro atoms. The Morgan fingerprint density at radius 3 is 2.88 bits per heavy atom. The van der Waals surface area contributed by atoms with Crippen molar-refractivity contribution in [1.82, 2.24) is 9.55 Å². The third kappa shape index (κ3) is 3.27. The fourth-order valence-corrected chi connectivity index (χ4v) is 3.45. The number of fused-ring (bicyclic) bond motifs is 2. The van der Waals surface area contributed by atoms with Gasteiger partial charge in [0.15, 0.2) is 0 Å². The van der Waals surface area contributed by atoms with Crippen LogP contribution >= 0.6 is 11.6 Å². The van der Waals surface area contributed by atoms with E-state index in [1.54, 1.807) is 6.07 Å². The Bertz CT molecular complexity index is 981. The van der Waals surface area contributed by atoms with E-state index < -0.39 is 0 Å². The highest BCUT2D eigenvalue weighted by atomic mass is 35.5. The molecule has 1 aromatic heterocycles. The van der Waals surface area contributed by atoms with Crippen LogP contribution in [0.2, 0.25) is 5.02 Å². The molecule has 0 bridgehead atoms. The molecular weight excluding hydrogens is 336 g/mol. The van der Waals surface area contributed by atoms with Crippen molar-refractivity contribution in [2.24, 2.45) is 0 Å². The molecule has 2 heterocycles. The van der Waals surface area contributed by atoms with Gasteiger partial charge < -0.3 is 4.74 Å². The van der Waals surface area contributed by atoms with Crippen LogP contribution in [-0.2, 0) is 19.6 Å². The standard InChI is InChI=1S/C20H19ClN2O2/c21-17-7-4-3-6-14(17)13-25-15-9-10-18-16(12-15)20(24)23-11-5-1-2-8-19(23)22-18/h3-4,6-7,9-10,12H,1-2,5,8,11,13H2. The summed E-state index contributed by atoms with van der Waals surface area (Å²) in [6.07, 6.45) is 4.14. The van der Waals surface area contributed by atoms with Gasteiger partial charge in [0.25, 0.3) is 5.56 Å². The smallest absolute Gasteiger partial charge is 0.261 e. The minimum Gasteiger partial charge on any atom is -0.489 e. The summed E-state index contributed by atoms with van der Waals surface area (Å²) in [6.45, 7) is 1.12. The number of ether oxygens (including phenoxy) is 1. The topological polar surface area (TPSA) is 44.1 Å². The first-order chi connectivity index (χ1) is 12.2. The largest absolute Gasteiger partial charge is 0.489 e. The van der Waals surface area contributed by atoms with Crippen LogP contribution in [0.25, 0.3) is 10.9 Å². The van der Waals surface area contributed by atoms with Crippen molar-refractivity contribution < 1.29 is 4.74 Å². The molecule has 128 valence electrons. The van der Waals surface area contributed by atoms with E-state index in [0.717, 1.165) is 49.1 Å². The van der Waals surface area contributed by atoms with Crippen molar-refractivity contribution in [2.45, 2.75) is 38.8 Å². The lowest BCUT2D eigenvalue weighted by molar-refractivity contribution is 0.306. The second-order valence-electron chi connectivity index (χ2n) is 6.35. The van der Waals surface area contributed by atoms with Gasteiger partial charge >= 0.3 is 0 Å². The predicted octanol–water partition coefficient (Wildman–Crippen LogP) is 4.36. The molecule has 1 aliphatic rings. The number of nitrogens with zero attached hydrogens (tertiary/aromatic N) is 2. The Kier molecular flexibility index (Phi) is 4.45. The summed E-state index contributed by atoms with van der Waals surface area (Å²) in [4.78, 5) is 17.5. The number of hydrogen-bond donors (Lipinski definition) is 0. The van der Waals surface area contributed by atoms with Gasteiger partial charge in [0.2, 0.25) is 0 Å². The second-order valence-corrected chi connectivity index (χ2v) is 6.76. The van der Waals surface area contributed by atoms with E-state index in [1.807, 2.05) is 41.0 Å². The van der Waals surface area contributed by atoms with Crippen LogP contribution in [0.15, 0.2) is 47.3 Å². The first-order valence-electron chi connectivity index (χ1n) is 8.62. The number of benzene rings is 2. The summed E-state index contributed by atoms with van der Waals surface area (Å²) >= 11 is 6.16. The third-order valence-electron chi connectivity index (χ3n) is 4.64. The molecular formula is C20H19ClN2O2. The van der Waals surface area contributed by atoms with Crippen LogP contribution in [0.3, 0.4) is 0 Å². The van der Waals surface area contributed by atoms with Crippen molar-refractivity contribution in [1.29, 1.82) is 0 Å². The summed E-state index contributed by atoms with van der Waals surface area (Å²) in [7, 11) is 0. The van der Waals surface area contributed by atoms with Crippen molar-refractivity contribution in [3.05, 3.63) is 69.2 Å². The third-order valence-corrected chi connectivity index (χ3v) is 5.01. The Morgan fingerprint density at radius 1 is 1.12 bits per heavy atom. The maximum Gasteiger partial charge on any atom is 0.261 e. The van der Waals surface area contributed by atoms with Gasteiger partial charge in [0.1, 0.15) is 18.2 Å². The molecule has 0 unspecified atom stereocenters. The van der Waals surface area contributed by atoms with Crippen LogP contribution in [0.1, 0.15) is 30.7 Å². The number of rotatable bonds is 3. The molecule has 1 aliphatic heterocycles. The van der Waals surface area contributed by atoms with Crippen LogP contribution in [0, 0.1) is 0 Å². The quantitative estimate of drug-likeness (QED) is 0.702. The van der Waals surface area contributed by atoms with E-state index in [2.05, 4.69) is 0 Å². The van der Waals surface area contributed by atoms with E-state index in [0.29, 0.717) is 22.8 Å². The highest BCUT2D eigenvalue weighted by Gasteiger charge is 2.14. The monoisotopic (exact) mass is 354 g/mol. The average molecular weight is 355 g/mol. The average Bonchev–Trinajstić information content (AvgIpc) is 2.87. The molecule has 0 fully saturated rings. The maximum atomic E-state index is 12.9. The molecule has 0 N–H and O–H groups in total. The summed E-state index contributed by atoms with van der Waals surface area (Å²) in [5.74, 6) is 1.56. The molecule has 0 amide bonds. The summed E-state index contributed by atoms with van der Waals surface area (Å²) in [6, 6.07) is 13.1. The minimum atomic E-state index is 0.0325. The molecule has 5 heteroatoms. The lowest BCUT2D eigenvalue weighted by Gasteiger charge is -2.12. The Balaban J connectivity index is 1.67. The normalized spacial score (nSPS) is 14.1.